The number of amides is 1. The number of carbonyl (C=O) groups is 1. The first-order chi connectivity index (χ1) is 12.2. The Balaban J connectivity index is 1.55. The van der Waals surface area contributed by atoms with Gasteiger partial charge in [0.2, 0.25) is 0 Å². The zero-order valence-corrected chi connectivity index (χ0v) is 14.1. The standard InChI is InChI=1S/C19H15ClN4O/c20-13-5-3-12(4-6-13)17-10-18(23-11-22-17)19(25)24-16-8-7-15-14(16)2-1-9-21-15/h1-6,9-11,16H,7-8H2,(H,24,25)/t16-/m0/s1. The molecule has 0 bridgehead atoms. The maximum absolute atomic E-state index is 12.6. The Kier molecular flexibility index (Phi) is 4.15. The highest BCUT2D eigenvalue weighted by Crippen LogP contribution is 2.29. The molecule has 0 fully saturated rings. The van der Waals surface area contributed by atoms with Gasteiger partial charge in [-0.25, -0.2) is 9.97 Å². The van der Waals surface area contributed by atoms with E-state index in [1.165, 1.54) is 6.33 Å². The average Bonchev–Trinajstić information content (AvgIpc) is 3.05. The van der Waals surface area contributed by atoms with Gasteiger partial charge in [0.05, 0.1) is 11.7 Å². The number of hydrogen-bond acceptors (Lipinski definition) is 4. The first kappa shape index (κ1) is 15.7. The van der Waals surface area contributed by atoms with Gasteiger partial charge in [-0.15, -0.1) is 0 Å². The Morgan fingerprint density at radius 3 is 2.80 bits per heavy atom. The Bertz CT molecular complexity index is 927. The number of nitrogens with zero attached hydrogens (tertiary/aromatic N) is 3. The maximum Gasteiger partial charge on any atom is 0.270 e. The molecule has 4 rings (SSSR count). The number of aryl methyl sites for hydroxylation is 1. The van der Waals surface area contributed by atoms with E-state index in [2.05, 4.69) is 20.3 Å². The Morgan fingerprint density at radius 1 is 1.12 bits per heavy atom. The molecule has 0 spiro atoms. The molecule has 0 radical (unpaired) electrons. The van der Waals surface area contributed by atoms with Crippen molar-refractivity contribution >= 4 is 17.5 Å². The second-order valence-corrected chi connectivity index (χ2v) is 6.34. The van der Waals surface area contributed by atoms with E-state index in [-0.39, 0.29) is 11.9 Å². The number of fused-ring (bicyclic) bond motifs is 1. The smallest absolute Gasteiger partial charge is 0.270 e. The number of benzene rings is 1. The molecule has 1 aliphatic carbocycles. The van der Waals surface area contributed by atoms with Gasteiger partial charge >= 0.3 is 0 Å². The molecule has 6 heteroatoms. The van der Waals surface area contributed by atoms with Crippen LogP contribution in [0.4, 0.5) is 0 Å². The van der Waals surface area contributed by atoms with Crippen LogP contribution in [0.1, 0.15) is 34.2 Å². The van der Waals surface area contributed by atoms with E-state index in [0.717, 1.165) is 29.7 Å². The predicted molar refractivity (Wildman–Crippen MR) is 95.2 cm³/mol. The van der Waals surface area contributed by atoms with Gasteiger partial charge in [0.15, 0.2) is 0 Å². The molecule has 1 N–H and O–H groups in total. The van der Waals surface area contributed by atoms with E-state index in [1.807, 2.05) is 24.3 Å². The van der Waals surface area contributed by atoms with Crippen molar-refractivity contribution in [2.24, 2.45) is 0 Å². The second-order valence-electron chi connectivity index (χ2n) is 5.90. The molecular weight excluding hydrogens is 336 g/mol. The van der Waals surface area contributed by atoms with Gasteiger partial charge in [0.25, 0.3) is 5.91 Å². The summed E-state index contributed by atoms with van der Waals surface area (Å²) in [4.78, 5) is 25.3. The van der Waals surface area contributed by atoms with Crippen LogP contribution in [0, 0.1) is 0 Å². The summed E-state index contributed by atoms with van der Waals surface area (Å²) < 4.78 is 0. The van der Waals surface area contributed by atoms with Gasteiger partial charge in [-0.3, -0.25) is 9.78 Å². The highest BCUT2D eigenvalue weighted by molar-refractivity contribution is 6.30. The quantitative estimate of drug-likeness (QED) is 0.783. The van der Waals surface area contributed by atoms with E-state index in [4.69, 9.17) is 11.6 Å². The molecule has 3 aromatic rings. The van der Waals surface area contributed by atoms with Gasteiger partial charge in [-0.05, 0) is 42.7 Å². The number of hydrogen-bond donors (Lipinski definition) is 1. The third-order valence-electron chi connectivity index (χ3n) is 4.32. The van der Waals surface area contributed by atoms with Crippen LogP contribution < -0.4 is 5.32 Å². The lowest BCUT2D eigenvalue weighted by molar-refractivity contribution is 0.0931. The molecule has 2 heterocycles. The molecule has 124 valence electrons. The number of aromatic nitrogens is 3. The minimum Gasteiger partial charge on any atom is -0.344 e. The lowest BCUT2D eigenvalue weighted by Crippen LogP contribution is -2.28. The maximum atomic E-state index is 12.6. The largest absolute Gasteiger partial charge is 0.344 e. The first-order valence-corrected chi connectivity index (χ1v) is 8.41. The molecule has 25 heavy (non-hydrogen) atoms. The monoisotopic (exact) mass is 350 g/mol. The predicted octanol–water partition coefficient (Wildman–Crippen LogP) is 3.61. The number of pyridine rings is 1. The summed E-state index contributed by atoms with van der Waals surface area (Å²) in [6.45, 7) is 0. The zero-order chi connectivity index (χ0) is 17.2. The van der Waals surface area contributed by atoms with Crippen LogP contribution in [-0.2, 0) is 6.42 Å². The summed E-state index contributed by atoms with van der Waals surface area (Å²) in [7, 11) is 0. The Labute approximate surface area is 150 Å². The number of carbonyl (C=O) groups excluding carboxylic acids is 1. The fourth-order valence-corrected chi connectivity index (χ4v) is 3.18. The Hall–Kier alpha value is -2.79. The fourth-order valence-electron chi connectivity index (χ4n) is 3.06. The molecule has 2 aromatic heterocycles. The van der Waals surface area contributed by atoms with Crippen molar-refractivity contribution in [3.8, 4) is 11.3 Å². The van der Waals surface area contributed by atoms with Crippen molar-refractivity contribution in [1.82, 2.24) is 20.3 Å². The molecule has 1 atom stereocenters. The highest BCUT2D eigenvalue weighted by Gasteiger charge is 2.25. The van der Waals surface area contributed by atoms with Crippen LogP contribution in [0.2, 0.25) is 5.02 Å². The molecular formula is C19H15ClN4O. The van der Waals surface area contributed by atoms with Crippen LogP contribution in [0.25, 0.3) is 11.3 Å². The average molecular weight is 351 g/mol. The number of rotatable bonds is 3. The van der Waals surface area contributed by atoms with Crippen molar-refractivity contribution in [2.45, 2.75) is 18.9 Å². The van der Waals surface area contributed by atoms with Crippen molar-refractivity contribution in [1.29, 1.82) is 0 Å². The minimum absolute atomic E-state index is 0.0230. The highest BCUT2D eigenvalue weighted by atomic mass is 35.5. The molecule has 0 saturated carbocycles. The lowest BCUT2D eigenvalue weighted by Gasteiger charge is -2.13. The van der Waals surface area contributed by atoms with Crippen molar-refractivity contribution in [3.63, 3.8) is 0 Å². The first-order valence-electron chi connectivity index (χ1n) is 8.03. The van der Waals surface area contributed by atoms with Crippen molar-refractivity contribution < 1.29 is 4.79 Å². The molecule has 0 saturated heterocycles. The van der Waals surface area contributed by atoms with Gasteiger partial charge in [-0.1, -0.05) is 29.8 Å². The fraction of sp³-hybridized carbons (Fsp3) is 0.158. The van der Waals surface area contributed by atoms with Crippen LogP contribution in [0.5, 0.6) is 0 Å². The summed E-state index contributed by atoms with van der Waals surface area (Å²) in [5.41, 5.74) is 4.05. The van der Waals surface area contributed by atoms with Crippen molar-refractivity contribution in [3.05, 3.63) is 77.0 Å². The molecule has 0 unspecified atom stereocenters. The molecule has 1 amide bonds. The lowest BCUT2D eigenvalue weighted by atomic mass is 10.1. The summed E-state index contributed by atoms with van der Waals surface area (Å²) in [6.07, 6.45) is 4.92. The van der Waals surface area contributed by atoms with Crippen LogP contribution >= 0.6 is 11.6 Å². The van der Waals surface area contributed by atoms with E-state index < -0.39 is 0 Å². The van der Waals surface area contributed by atoms with Gasteiger partial charge in [0, 0.05) is 22.5 Å². The van der Waals surface area contributed by atoms with E-state index in [1.54, 1.807) is 24.4 Å². The van der Waals surface area contributed by atoms with Crippen LogP contribution in [0.3, 0.4) is 0 Å². The van der Waals surface area contributed by atoms with Crippen LogP contribution in [0.15, 0.2) is 55.0 Å². The molecule has 0 aliphatic heterocycles. The normalized spacial score (nSPS) is 15.6. The third-order valence-corrected chi connectivity index (χ3v) is 4.57. The van der Waals surface area contributed by atoms with Crippen LogP contribution in [-0.4, -0.2) is 20.9 Å². The van der Waals surface area contributed by atoms with Crippen molar-refractivity contribution in [2.75, 3.05) is 0 Å². The van der Waals surface area contributed by atoms with E-state index in [0.29, 0.717) is 16.4 Å². The summed E-state index contributed by atoms with van der Waals surface area (Å²) in [6, 6.07) is 12.9. The third kappa shape index (κ3) is 3.23. The minimum atomic E-state index is -0.209. The van der Waals surface area contributed by atoms with Gasteiger partial charge < -0.3 is 5.32 Å². The van der Waals surface area contributed by atoms with E-state index in [9.17, 15) is 4.79 Å². The summed E-state index contributed by atoms with van der Waals surface area (Å²) >= 11 is 5.92. The van der Waals surface area contributed by atoms with Gasteiger partial charge in [-0.2, -0.15) is 0 Å². The molecule has 1 aliphatic rings. The Morgan fingerprint density at radius 2 is 1.96 bits per heavy atom. The van der Waals surface area contributed by atoms with E-state index >= 15 is 0 Å². The number of halogens is 1. The SMILES string of the molecule is O=C(N[C@H]1CCc2ncccc21)c1cc(-c2ccc(Cl)cc2)ncn1. The molecule has 1 aromatic carbocycles. The summed E-state index contributed by atoms with van der Waals surface area (Å²) in [5, 5.41) is 3.71. The summed E-state index contributed by atoms with van der Waals surface area (Å²) in [5.74, 6) is -0.209. The number of nitrogens with one attached hydrogen (secondary N) is 1. The van der Waals surface area contributed by atoms with Gasteiger partial charge in [0.1, 0.15) is 12.0 Å². The second kappa shape index (κ2) is 6.61. The molecule has 5 nitrogen and oxygen atoms in total. The topological polar surface area (TPSA) is 67.8 Å². The zero-order valence-electron chi connectivity index (χ0n) is 13.3.